The standard InChI is InChI=1S/C12H20N2OS/c1-3-9(15-2)12-14-11-8(7-13)5-4-6-10(11)16-12/h8-9H,3-7,13H2,1-2H3. The van der Waals surface area contributed by atoms with Crippen molar-refractivity contribution in [1.82, 2.24) is 4.98 Å². The number of ether oxygens (including phenoxy) is 1. The van der Waals surface area contributed by atoms with Gasteiger partial charge in [0.25, 0.3) is 0 Å². The molecule has 0 spiro atoms. The Hall–Kier alpha value is -0.450. The Balaban J connectivity index is 2.27. The first-order chi connectivity index (χ1) is 7.80. The van der Waals surface area contributed by atoms with E-state index in [2.05, 4.69) is 6.92 Å². The van der Waals surface area contributed by atoms with Crippen LogP contribution >= 0.6 is 11.3 Å². The Morgan fingerprint density at radius 2 is 2.44 bits per heavy atom. The normalized spacial score (nSPS) is 21.8. The fraction of sp³-hybridized carbons (Fsp3) is 0.750. The van der Waals surface area contributed by atoms with E-state index in [4.69, 9.17) is 15.5 Å². The minimum Gasteiger partial charge on any atom is -0.374 e. The number of nitrogens with zero attached hydrogens (tertiary/aromatic N) is 1. The molecule has 0 aromatic carbocycles. The first kappa shape index (κ1) is 12.0. The number of hydrogen-bond donors (Lipinski definition) is 1. The Morgan fingerprint density at radius 3 is 3.06 bits per heavy atom. The van der Waals surface area contributed by atoms with Crippen molar-refractivity contribution in [2.45, 2.75) is 44.6 Å². The van der Waals surface area contributed by atoms with E-state index in [0.717, 1.165) is 18.0 Å². The van der Waals surface area contributed by atoms with E-state index in [1.165, 1.54) is 29.8 Å². The Kier molecular flexibility index (Phi) is 3.95. The summed E-state index contributed by atoms with van der Waals surface area (Å²) in [6.45, 7) is 2.86. The molecule has 2 unspecified atom stereocenters. The molecule has 1 aliphatic carbocycles. The number of hydrogen-bond acceptors (Lipinski definition) is 4. The van der Waals surface area contributed by atoms with Crippen molar-refractivity contribution < 1.29 is 4.74 Å². The second kappa shape index (κ2) is 5.25. The van der Waals surface area contributed by atoms with Crippen LogP contribution in [0.5, 0.6) is 0 Å². The van der Waals surface area contributed by atoms with Crippen LogP contribution in [0.15, 0.2) is 0 Å². The molecule has 16 heavy (non-hydrogen) atoms. The van der Waals surface area contributed by atoms with Gasteiger partial charge in [-0.2, -0.15) is 0 Å². The monoisotopic (exact) mass is 240 g/mol. The summed E-state index contributed by atoms with van der Waals surface area (Å²) in [6, 6.07) is 0. The zero-order valence-corrected chi connectivity index (χ0v) is 10.8. The van der Waals surface area contributed by atoms with Crippen LogP contribution in [-0.2, 0) is 11.2 Å². The van der Waals surface area contributed by atoms with Crippen LogP contribution in [0.2, 0.25) is 0 Å². The molecule has 0 aliphatic heterocycles. The average molecular weight is 240 g/mol. The first-order valence-corrected chi connectivity index (χ1v) is 6.84. The van der Waals surface area contributed by atoms with E-state index in [0.29, 0.717) is 5.92 Å². The van der Waals surface area contributed by atoms with Gasteiger partial charge in [0.2, 0.25) is 0 Å². The first-order valence-electron chi connectivity index (χ1n) is 6.02. The van der Waals surface area contributed by atoms with Crippen LogP contribution < -0.4 is 5.73 Å². The molecule has 0 saturated heterocycles. The number of aromatic nitrogens is 1. The number of thiazole rings is 1. The van der Waals surface area contributed by atoms with Crippen molar-refractivity contribution in [2.24, 2.45) is 5.73 Å². The van der Waals surface area contributed by atoms with Gasteiger partial charge < -0.3 is 10.5 Å². The largest absolute Gasteiger partial charge is 0.374 e. The molecule has 0 amide bonds. The van der Waals surface area contributed by atoms with Gasteiger partial charge in [-0.3, -0.25) is 0 Å². The molecule has 1 aromatic rings. The third kappa shape index (κ3) is 2.14. The summed E-state index contributed by atoms with van der Waals surface area (Å²) in [5.74, 6) is 0.475. The molecule has 2 rings (SSSR count). The van der Waals surface area contributed by atoms with Crippen LogP contribution in [0.1, 0.15) is 53.8 Å². The van der Waals surface area contributed by atoms with Crippen molar-refractivity contribution in [3.8, 4) is 0 Å². The third-order valence-electron chi connectivity index (χ3n) is 3.30. The maximum absolute atomic E-state index is 5.80. The Labute approximate surface area is 101 Å². The van der Waals surface area contributed by atoms with Crippen LogP contribution in [0.4, 0.5) is 0 Å². The van der Waals surface area contributed by atoms with Gasteiger partial charge in [0, 0.05) is 24.4 Å². The highest BCUT2D eigenvalue weighted by Gasteiger charge is 2.25. The highest BCUT2D eigenvalue weighted by atomic mass is 32.1. The SMILES string of the molecule is CCC(OC)c1nc2c(s1)CCCC2CN. The summed E-state index contributed by atoms with van der Waals surface area (Å²) in [5, 5.41) is 1.13. The molecular weight excluding hydrogens is 220 g/mol. The van der Waals surface area contributed by atoms with Crippen molar-refractivity contribution in [3.63, 3.8) is 0 Å². The van der Waals surface area contributed by atoms with Gasteiger partial charge in [-0.25, -0.2) is 4.98 Å². The molecule has 0 bridgehead atoms. The van der Waals surface area contributed by atoms with Crippen LogP contribution in [0.3, 0.4) is 0 Å². The van der Waals surface area contributed by atoms with E-state index in [9.17, 15) is 0 Å². The fourth-order valence-electron chi connectivity index (χ4n) is 2.34. The highest BCUT2D eigenvalue weighted by molar-refractivity contribution is 7.11. The zero-order chi connectivity index (χ0) is 11.5. The second-order valence-electron chi connectivity index (χ2n) is 4.32. The van der Waals surface area contributed by atoms with Crippen molar-refractivity contribution in [3.05, 3.63) is 15.6 Å². The van der Waals surface area contributed by atoms with Gasteiger partial charge in [0.05, 0.1) is 5.69 Å². The lowest BCUT2D eigenvalue weighted by atomic mass is 9.91. The topological polar surface area (TPSA) is 48.1 Å². The van der Waals surface area contributed by atoms with Crippen LogP contribution in [0, 0.1) is 0 Å². The maximum atomic E-state index is 5.80. The minimum atomic E-state index is 0.161. The average Bonchev–Trinajstić information content (AvgIpc) is 2.73. The lowest BCUT2D eigenvalue weighted by Gasteiger charge is -2.18. The molecule has 0 fully saturated rings. The molecule has 2 atom stereocenters. The smallest absolute Gasteiger partial charge is 0.122 e. The van der Waals surface area contributed by atoms with Crippen molar-refractivity contribution >= 4 is 11.3 Å². The lowest BCUT2D eigenvalue weighted by molar-refractivity contribution is 0.0996. The number of aryl methyl sites for hydroxylation is 1. The lowest BCUT2D eigenvalue weighted by Crippen LogP contribution is -2.17. The van der Waals surface area contributed by atoms with E-state index in [1.807, 2.05) is 11.3 Å². The van der Waals surface area contributed by atoms with E-state index >= 15 is 0 Å². The predicted molar refractivity (Wildman–Crippen MR) is 66.9 cm³/mol. The van der Waals surface area contributed by atoms with Crippen LogP contribution in [0.25, 0.3) is 0 Å². The number of fused-ring (bicyclic) bond motifs is 1. The summed E-state index contributed by atoms with van der Waals surface area (Å²) in [7, 11) is 1.76. The number of methoxy groups -OCH3 is 1. The Bertz CT molecular complexity index is 347. The molecule has 1 aromatic heterocycles. The molecular formula is C12H20N2OS. The Morgan fingerprint density at radius 1 is 1.62 bits per heavy atom. The van der Waals surface area contributed by atoms with Gasteiger partial charge >= 0.3 is 0 Å². The predicted octanol–water partition coefficient (Wildman–Crippen LogP) is 2.62. The fourth-order valence-corrected chi connectivity index (χ4v) is 3.69. The third-order valence-corrected chi connectivity index (χ3v) is 4.53. The molecule has 4 heteroatoms. The molecule has 90 valence electrons. The number of rotatable bonds is 4. The molecule has 0 saturated carbocycles. The highest BCUT2D eigenvalue weighted by Crippen LogP contribution is 2.37. The van der Waals surface area contributed by atoms with Crippen molar-refractivity contribution in [2.75, 3.05) is 13.7 Å². The van der Waals surface area contributed by atoms with Gasteiger partial charge in [-0.1, -0.05) is 6.92 Å². The van der Waals surface area contributed by atoms with E-state index in [1.54, 1.807) is 7.11 Å². The maximum Gasteiger partial charge on any atom is 0.122 e. The molecule has 2 N–H and O–H groups in total. The van der Waals surface area contributed by atoms with E-state index in [-0.39, 0.29) is 6.10 Å². The summed E-state index contributed by atoms with van der Waals surface area (Å²) < 4.78 is 5.45. The minimum absolute atomic E-state index is 0.161. The van der Waals surface area contributed by atoms with Gasteiger partial charge in [0.1, 0.15) is 11.1 Å². The molecule has 0 radical (unpaired) electrons. The summed E-state index contributed by atoms with van der Waals surface area (Å²) in [4.78, 5) is 6.20. The summed E-state index contributed by atoms with van der Waals surface area (Å²) in [5.41, 5.74) is 7.06. The van der Waals surface area contributed by atoms with Crippen LogP contribution in [-0.4, -0.2) is 18.6 Å². The summed E-state index contributed by atoms with van der Waals surface area (Å²) in [6.07, 6.45) is 4.75. The molecule has 1 aliphatic rings. The second-order valence-corrected chi connectivity index (χ2v) is 5.43. The van der Waals surface area contributed by atoms with Crippen molar-refractivity contribution in [1.29, 1.82) is 0 Å². The van der Waals surface area contributed by atoms with Gasteiger partial charge in [-0.05, 0) is 25.7 Å². The number of nitrogens with two attached hydrogens (primary N) is 1. The zero-order valence-electron chi connectivity index (χ0n) is 10.0. The molecule has 3 nitrogen and oxygen atoms in total. The summed E-state index contributed by atoms with van der Waals surface area (Å²) >= 11 is 1.82. The van der Waals surface area contributed by atoms with E-state index < -0.39 is 0 Å². The molecule has 1 heterocycles. The quantitative estimate of drug-likeness (QED) is 0.880. The van der Waals surface area contributed by atoms with Gasteiger partial charge in [-0.15, -0.1) is 11.3 Å². The van der Waals surface area contributed by atoms with Gasteiger partial charge in [0.15, 0.2) is 0 Å².